The molecule has 70 valence electrons. The Bertz CT molecular complexity index is 65.4. The van der Waals surface area contributed by atoms with E-state index in [-0.39, 0.29) is 5.54 Å². The third-order valence-electron chi connectivity index (χ3n) is 1.33. The Hall–Kier alpha value is -0.0400. The molecule has 0 rings (SSSR count). The predicted molar refractivity (Wildman–Crippen MR) is 53.6 cm³/mol. The maximum absolute atomic E-state index is 5.35. The molecule has 0 saturated heterocycles. The van der Waals surface area contributed by atoms with Crippen molar-refractivity contribution < 1.29 is 0 Å². The van der Waals surface area contributed by atoms with E-state index in [1.54, 1.807) is 0 Å². The molecule has 0 saturated carbocycles. The van der Waals surface area contributed by atoms with Crippen LogP contribution in [0.4, 0.5) is 0 Å². The van der Waals surface area contributed by atoms with Gasteiger partial charge in [0.15, 0.2) is 0 Å². The van der Waals surface area contributed by atoms with E-state index in [1.165, 1.54) is 0 Å². The van der Waals surface area contributed by atoms with Gasteiger partial charge in [0.05, 0.1) is 0 Å². The summed E-state index contributed by atoms with van der Waals surface area (Å²) < 4.78 is 0. The molecule has 1 heteroatoms. The normalized spacial score (nSPS) is 11.5. The summed E-state index contributed by atoms with van der Waals surface area (Å²) in [6, 6.07) is 0. The van der Waals surface area contributed by atoms with Crippen LogP contribution >= 0.6 is 0 Å². The van der Waals surface area contributed by atoms with Gasteiger partial charge >= 0.3 is 0 Å². The van der Waals surface area contributed by atoms with Gasteiger partial charge in [0.1, 0.15) is 0 Å². The van der Waals surface area contributed by atoms with Crippen LogP contribution in [0.15, 0.2) is 0 Å². The van der Waals surface area contributed by atoms with Gasteiger partial charge in [0, 0.05) is 5.54 Å². The average molecular weight is 159 g/mol. The highest BCUT2D eigenvalue weighted by molar-refractivity contribution is 4.60. The zero-order valence-electron chi connectivity index (χ0n) is 9.23. The molecule has 0 aliphatic heterocycles. The van der Waals surface area contributed by atoms with E-state index in [2.05, 4.69) is 27.7 Å². The maximum atomic E-state index is 5.35. The molecule has 0 bridgehead atoms. The van der Waals surface area contributed by atoms with E-state index in [1.807, 2.05) is 20.8 Å². The van der Waals surface area contributed by atoms with Crippen molar-refractivity contribution in [1.29, 1.82) is 0 Å². The zero-order valence-corrected chi connectivity index (χ0v) is 9.23. The molecule has 0 unspecified atom stereocenters. The highest BCUT2D eigenvalue weighted by atomic mass is 14.7. The van der Waals surface area contributed by atoms with Gasteiger partial charge in [0.25, 0.3) is 0 Å². The predicted octanol–water partition coefficient (Wildman–Crippen LogP) is 3.04. The fraction of sp³-hybridized carbons (Fsp3) is 1.00. The van der Waals surface area contributed by atoms with E-state index in [0.29, 0.717) is 0 Å². The fourth-order valence-electron chi connectivity index (χ4n) is 0. The fourth-order valence-corrected chi connectivity index (χ4v) is 0. The van der Waals surface area contributed by atoms with Gasteiger partial charge < -0.3 is 5.73 Å². The molecule has 1 nitrogen and oxygen atoms in total. The molecule has 0 aromatic rings. The van der Waals surface area contributed by atoms with Crippen molar-refractivity contribution in [1.82, 2.24) is 0 Å². The Morgan fingerprint density at radius 3 is 0.909 bits per heavy atom. The highest BCUT2D eigenvalue weighted by Gasteiger charge is 1.96. The number of hydrogen-bond acceptors (Lipinski definition) is 1. The number of hydrogen-bond donors (Lipinski definition) is 1. The van der Waals surface area contributed by atoms with Gasteiger partial charge in [-0.3, -0.25) is 0 Å². The molecular formula is C10H25N. The summed E-state index contributed by atoms with van der Waals surface area (Å²) in [6.45, 7) is 14.9. The van der Waals surface area contributed by atoms with Gasteiger partial charge in [-0.15, -0.1) is 0 Å². The van der Waals surface area contributed by atoms with Crippen molar-refractivity contribution in [3.05, 3.63) is 0 Å². The van der Waals surface area contributed by atoms with E-state index < -0.39 is 0 Å². The first-order valence-corrected chi connectivity index (χ1v) is 4.43. The van der Waals surface area contributed by atoms with Gasteiger partial charge in [-0.1, -0.05) is 27.7 Å². The van der Waals surface area contributed by atoms with Crippen LogP contribution in [0.3, 0.4) is 0 Å². The second-order valence-electron chi connectivity index (χ2n) is 4.85. The van der Waals surface area contributed by atoms with Crippen LogP contribution in [0.25, 0.3) is 0 Å². The summed E-state index contributed by atoms with van der Waals surface area (Å²) in [5.74, 6) is 1.70. The molecule has 0 heterocycles. The van der Waals surface area contributed by atoms with E-state index >= 15 is 0 Å². The van der Waals surface area contributed by atoms with E-state index in [4.69, 9.17) is 5.73 Å². The maximum Gasteiger partial charge on any atom is 0.00686 e. The van der Waals surface area contributed by atoms with Crippen LogP contribution in [0.5, 0.6) is 0 Å². The Kier molecular flexibility index (Phi) is 6.88. The molecule has 0 fully saturated rings. The summed E-state index contributed by atoms with van der Waals surface area (Å²) in [5, 5.41) is 0. The van der Waals surface area contributed by atoms with Crippen molar-refractivity contribution >= 4 is 0 Å². The Morgan fingerprint density at radius 1 is 0.818 bits per heavy atom. The van der Waals surface area contributed by atoms with Crippen molar-refractivity contribution in [3.8, 4) is 0 Å². The summed E-state index contributed by atoms with van der Waals surface area (Å²) in [5.41, 5.74) is 5.35. The summed E-state index contributed by atoms with van der Waals surface area (Å²) in [7, 11) is 0. The van der Waals surface area contributed by atoms with Crippen LogP contribution in [-0.4, -0.2) is 5.54 Å². The molecule has 0 atom stereocenters. The van der Waals surface area contributed by atoms with Crippen LogP contribution in [0, 0.1) is 11.8 Å². The Balaban J connectivity index is 0. The second kappa shape index (κ2) is 5.59. The molecule has 0 aliphatic carbocycles. The SMILES string of the molecule is CC(C)(C)N.CC(C)C(C)C. The lowest BCUT2D eigenvalue weighted by atomic mass is 10.0. The number of rotatable bonds is 1. The molecule has 0 amide bonds. The van der Waals surface area contributed by atoms with Crippen LogP contribution < -0.4 is 5.73 Å². The summed E-state index contributed by atoms with van der Waals surface area (Å²) >= 11 is 0. The van der Waals surface area contributed by atoms with Crippen molar-refractivity contribution in [2.75, 3.05) is 0 Å². The van der Waals surface area contributed by atoms with Crippen LogP contribution in [-0.2, 0) is 0 Å². The Labute approximate surface area is 72.4 Å². The first-order valence-electron chi connectivity index (χ1n) is 4.43. The zero-order chi connectivity index (χ0) is 9.65. The summed E-state index contributed by atoms with van der Waals surface area (Å²) in [6.07, 6.45) is 0. The molecule has 2 N–H and O–H groups in total. The molecule has 0 aromatic heterocycles. The third-order valence-corrected chi connectivity index (χ3v) is 1.33. The average Bonchev–Trinajstić information content (AvgIpc) is 1.59. The van der Waals surface area contributed by atoms with Crippen LogP contribution in [0.2, 0.25) is 0 Å². The summed E-state index contributed by atoms with van der Waals surface area (Å²) in [4.78, 5) is 0. The lowest BCUT2D eigenvalue weighted by molar-refractivity contribution is 0.457. The molecule has 0 aliphatic rings. The highest BCUT2D eigenvalue weighted by Crippen LogP contribution is 2.05. The minimum Gasteiger partial charge on any atom is -0.326 e. The minimum absolute atomic E-state index is 0. The lowest BCUT2D eigenvalue weighted by Crippen LogP contribution is -2.26. The topological polar surface area (TPSA) is 26.0 Å². The minimum atomic E-state index is 0. The van der Waals surface area contributed by atoms with Gasteiger partial charge in [-0.25, -0.2) is 0 Å². The molecule has 11 heavy (non-hydrogen) atoms. The first-order chi connectivity index (χ1) is 4.64. The van der Waals surface area contributed by atoms with E-state index in [9.17, 15) is 0 Å². The van der Waals surface area contributed by atoms with Crippen molar-refractivity contribution in [2.45, 2.75) is 54.0 Å². The standard InChI is InChI=1S/C6H14.C4H11N/c1-5(2)6(3)4;1-4(2,3)5/h5-6H,1-4H3;5H2,1-3H3. The van der Waals surface area contributed by atoms with Gasteiger partial charge in [-0.2, -0.15) is 0 Å². The van der Waals surface area contributed by atoms with Gasteiger partial charge in [0.2, 0.25) is 0 Å². The quantitative estimate of drug-likeness (QED) is 0.625. The number of nitrogens with two attached hydrogens (primary N) is 1. The Morgan fingerprint density at radius 2 is 0.909 bits per heavy atom. The largest absolute Gasteiger partial charge is 0.326 e. The molecular weight excluding hydrogens is 134 g/mol. The molecule has 0 spiro atoms. The van der Waals surface area contributed by atoms with Crippen molar-refractivity contribution in [3.63, 3.8) is 0 Å². The second-order valence-corrected chi connectivity index (χ2v) is 4.85. The van der Waals surface area contributed by atoms with Crippen LogP contribution in [0.1, 0.15) is 48.5 Å². The molecule has 0 aromatic carbocycles. The smallest absolute Gasteiger partial charge is 0.00686 e. The van der Waals surface area contributed by atoms with Crippen molar-refractivity contribution in [2.24, 2.45) is 17.6 Å². The lowest BCUT2D eigenvalue weighted by Gasteiger charge is -2.06. The first kappa shape index (κ1) is 13.5. The van der Waals surface area contributed by atoms with Gasteiger partial charge in [-0.05, 0) is 32.6 Å². The molecule has 0 radical (unpaired) electrons. The third kappa shape index (κ3) is 40.2. The van der Waals surface area contributed by atoms with E-state index in [0.717, 1.165) is 11.8 Å². The monoisotopic (exact) mass is 159 g/mol.